The summed E-state index contributed by atoms with van der Waals surface area (Å²) in [5.41, 5.74) is 1.12. The second-order valence-electron chi connectivity index (χ2n) is 6.91. The molecular formula is C21H19ClF3N3O3. The monoisotopic (exact) mass is 453 g/mol. The fraction of sp³-hybridized carbons (Fsp3) is 0.286. The van der Waals surface area contributed by atoms with Crippen molar-refractivity contribution in [3.05, 3.63) is 64.9 Å². The van der Waals surface area contributed by atoms with Crippen LogP contribution in [0.15, 0.2) is 48.5 Å². The molecule has 0 saturated heterocycles. The van der Waals surface area contributed by atoms with E-state index in [9.17, 15) is 22.8 Å². The Bertz CT molecular complexity index is 1100. The van der Waals surface area contributed by atoms with Crippen LogP contribution in [0.25, 0.3) is 11.0 Å². The van der Waals surface area contributed by atoms with Gasteiger partial charge < -0.3 is 14.6 Å². The molecule has 6 nitrogen and oxygen atoms in total. The summed E-state index contributed by atoms with van der Waals surface area (Å²) in [6, 6.07) is 13.0. The fourth-order valence-corrected chi connectivity index (χ4v) is 3.49. The number of carbonyl (C=O) groups excluding carboxylic acids is 1. The van der Waals surface area contributed by atoms with Gasteiger partial charge in [-0.1, -0.05) is 41.9 Å². The van der Waals surface area contributed by atoms with Crippen LogP contribution in [0.1, 0.15) is 24.2 Å². The largest absolute Gasteiger partial charge is 0.480 e. The van der Waals surface area contributed by atoms with Gasteiger partial charge in [-0.25, -0.2) is 4.98 Å². The van der Waals surface area contributed by atoms with Crippen LogP contribution >= 0.6 is 11.6 Å². The molecule has 1 N–H and O–H groups in total. The smallest absolute Gasteiger partial charge is 0.449 e. The van der Waals surface area contributed by atoms with E-state index in [1.165, 1.54) is 12.1 Å². The van der Waals surface area contributed by atoms with Crippen molar-refractivity contribution < 1.29 is 27.9 Å². The number of aryl methyl sites for hydroxylation is 1. The number of aromatic nitrogens is 2. The highest BCUT2D eigenvalue weighted by molar-refractivity contribution is 6.31. The third-order valence-corrected chi connectivity index (χ3v) is 5.05. The van der Waals surface area contributed by atoms with Gasteiger partial charge in [0.2, 0.25) is 11.7 Å². The molecule has 0 aliphatic heterocycles. The molecule has 0 radical (unpaired) electrons. The summed E-state index contributed by atoms with van der Waals surface area (Å²) in [6.07, 6.45) is -4.68. The number of hydrogen-bond donors (Lipinski definition) is 1. The molecule has 3 aromatic rings. The number of hydrogen-bond acceptors (Lipinski definition) is 3. The quantitative estimate of drug-likeness (QED) is 0.540. The number of halogens is 4. The van der Waals surface area contributed by atoms with Crippen molar-refractivity contribution in [1.82, 2.24) is 14.5 Å². The Morgan fingerprint density at radius 2 is 1.77 bits per heavy atom. The standard InChI is InChI=1S/C21H19ClF3N3O3/c22-15-7-2-1-6-14(15)12-27(13-19(30)31)18(29)10-5-11-28-17-9-4-3-8-16(17)26-20(28)21(23,24)25/h1-4,6-9H,5,10-13H2,(H,30,31). The number of alkyl halides is 3. The predicted molar refractivity (Wildman–Crippen MR) is 108 cm³/mol. The number of fused-ring (bicyclic) bond motifs is 1. The zero-order chi connectivity index (χ0) is 22.6. The molecule has 1 amide bonds. The minimum Gasteiger partial charge on any atom is -0.480 e. The minimum atomic E-state index is -4.64. The Morgan fingerprint density at radius 1 is 1.10 bits per heavy atom. The van der Waals surface area contributed by atoms with E-state index in [1.807, 2.05) is 0 Å². The van der Waals surface area contributed by atoms with E-state index in [2.05, 4.69) is 4.98 Å². The highest BCUT2D eigenvalue weighted by atomic mass is 35.5. The van der Waals surface area contributed by atoms with E-state index in [4.69, 9.17) is 16.7 Å². The van der Waals surface area contributed by atoms with Gasteiger partial charge in [0.05, 0.1) is 11.0 Å². The molecule has 0 aliphatic carbocycles. The number of para-hydroxylation sites is 2. The van der Waals surface area contributed by atoms with Gasteiger partial charge in [0, 0.05) is 24.5 Å². The van der Waals surface area contributed by atoms with E-state index < -0.39 is 30.4 Å². The van der Waals surface area contributed by atoms with E-state index >= 15 is 0 Å². The summed E-state index contributed by atoms with van der Waals surface area (Å²) in [7, 11) is 0. The Balaban J connectivity index is 1.73. The van der Waals surface area contributed by atoms with Gasteiger partial charge in [0.1, 0.15) is 6.54 Å². The molecule has 0 saturated carbocycles. The van der Waals surface area contributed by atoms with Crippen LogP contribution in [-0.2, 0) is 28.9 Å². The number of benzene rings is 2. The van der Waals surface area contributed by atoms with Gasteiger partial charge in [-0.05, 0) is 30.2 Å². The van der Waals surface area contributed by atoms with Crippen molar-refractivity contribution in [3.63, 3.8) is 0 Å². The van der Waals surface area contributed by atoms with Crippen LogP contribution in [0.3, 0.4) is 0 Å². The van der Waals surface area contributed by atoms with Gasteiger partial charge in [-0.15, -0.1) is 0 Å². The minimum absolute atomic E-state index is 0.00733. The normalized spacial score (nSPS) is 11.6. The Labute approximate surface area is 180 Å². The lowest BCUT2D eigenvalue weighted by atomic mass is 10.2. The van der Waals surface area contributed by atoms with Crippen LogP contribution in [0.2, 0.25) is 5.02 Å². The molecule has 0 bridgehead atoms. The molecule has 0 aliphatic rings. The highest BCUT2D eigenvalue weighted by Gasteiger charge is 2.37. The molecule has 2 aromatic carbocycles. The molecule has 1 heterocycles. The maximum Gasteiger partial charge on any atom is 0.449 e. The number of aliphatic carboxylic acids is 1. The summed E-state index contributed by atoms with van der Waals surface area (Å²) in [6.45, 7) is -0.632. The summed E-state index contributed by atoms with van der Waals surface area (Å²) in [5, 5.41) is 9.53. The van der Waals surface area contributed by atoms with Crippen LogP contribution in [0, 0.1) is 0 Å². The average molecular weight is 454 g/mol. The van der Waals surface area contributed by atoms with E-state index in [-0.39, 0.29) is 31.4 Å². The number of carboxylic acids is 1. The zero-order valence-electron chi connectivity index (χ0n) is 16.3. The van der Waals surface area contributed by atoms with Crippen LogP contribution in [0.5, 0.6) is 0 Å². The van der Waals surface area contributed by atoms with Crippen molar-refractivity contribution in [1.29, 1.82) is 0 Å². The first-order valence-electron chi connectivity index (χ1n) is 9.42. The second-order valence-corrected chi connectivity index (χ2v) is 7.32. The Kier molecular flexibility index (Phi) is 6.84. The van der Waals surface area contributed by atoms with Crippen molar-refractivity contribution in [3.8, 4) is 0 Å². The van der Waals surface area contributed by atoms with Gasteiger partial charge in [-0.2, -0.15) is 13.2 Å². The molecule has 0 spiro atoms. The Hall–Kier alpha value is -3.07. The summed E-state index contributed by atoms with van der Waals surface area (Å²) < 4.78 is 41.2. The molecule has 0 atom stereocenters. The number of nitrogens with zero attached hydrogens (tertiary/aromatic N) is 3. The molecule has 3 rings (SSSR count). The summed E-state index contributed by atoms with van der Waals surface area (Å²) >= 11 is 6.09. The number of carbonyl (C=O) groups is 2. The number of rotatable bonds is 8. The maximum absolute atomic E-state index is 13.4. The number of amides is 1. The molecule has 0 fully saturated rings. The van der Waals surface area contributed by atoms with Gasteiger partial charge in [0.15, 0.2) is 0 Å². The third-order valence-electron chi connectivity index (χ3n) is 4.68. The van der Waals surface area contributed by atoms with E-state index in [1.54, 1.807) is 36.4 Å². The maximum atomic E-state index is 13.4. The van der Waals surface area contributed by atoms with E-state index in [0.29, 0.717) is 16.1 Å². The molecular weight excluding hydrogens is 435 g/mol. The number of carboxylic acid groups (broad SMARTS) is 1. The predicted octanol–water partition coefficient (Wildman–Crippen LogP) is 4.60. The first kappa shape index (κ1) is 22.6. The molecule has 1 aromatic heterocycles. The third kappa shape index (κ3) is 5.55. The number of imidazole rings is 1. The Morgan fingerprint density at radius 3 is 2.45 bits per heavy atom. The van der Waals surface area contributed by atoms with Gasteiger partial charge in [-0.3, -0.25) is 9.59 Å². The summed E-state index contributed by atoms with van der Waals surface area (Å²) in [5.74, 6) is -2.71. The van der Waals surface area contributed by atoms with E-state index in [0.717, 1.165) is 9.47 Å². The molecule has 0 unspecified atom stereocenters. The lowest BCUT2D eigenvalue weighted by molar-refractivity contribution is -0.147. The fourth-order valence-electron chi connectivity index (χ4n) is 3.29. The molecule has 164 valence electrons. The van der Waals surface area contributed by atoms with Crippen molar-refractivity contribution in [2.75, 3.05) is 6.54 Å². The lowest BCUT2D eigenvalue weighted by Gasteiger charge is -2.21. The van der Waals surface area contributed by atoms with Crippen molar-refractivity contribution in [2.45, 2.75) is 32.1 Å². The lowest BCUT2D eigenvalue weighted by Crippen LogP contribution is -2.35. The van der Waals surface area contributed by atoms with Crippen molar-refractivity contribution >= 4 is 34.5 Å². The van der Waals surface area contributed by atoms with Gasteiger partial charge in [0.25, 0.3) is 0 Å². The summed E-state index contributed by atoms with van der Waals surface area (Å²) in [4.78, 5) is 28.6. The van der Waals surface area contributed by atoms with Crippen LogP contribution in [-0.4, -0.2) is 38.0 Å². The SMILES string of the molecule is O=C(O)CN(Cc1ccccc1Cl)C(=O)CCCn1c(C(F)(F)F)nc2ccccc21. The van der Waals surface area contributed by atoms with Crippen LogP contribution in [0.4, 0.5) is 13.2 Å². The van der Waals surface area contributed by atoms with Crippen molar-refractivity contribution in [2.24, 2.45) is 0 Å². The first-order chi connectivity index (χ1) is 14.7. The van der Waals surface area contributed by atoms with Crippen LogP contribution < -0.4 is 0 Å². The highest BCUT2D eigenvalue weighted by Crippen LogP contribution is 2.31. The first-order valence-corrected chi connectivity index (χ1v) is 9.80. The zero-order valence-corrected chi connectivity index (χ0v) is 17.0. The molecule has 31 heavy (non-hydrogen) atoms. The second kappa shape index (κ2) is 9.38. The molecule has 10 heteroatoms. The average Bonchev–Trinajstić information content (AvgIpc) is 3.08. The van der Waals surface area contributed by atoms with Gasteiger partial charge >= 0.3 is 12.1 Å². The topological polar surface area (TPSA) is 75.4 Å².